The van der Waals surface area contributed by atoms with E-state index < -0.39 is 0 Å². The van der Waals surface area contributed by atoms with E-state index in [4.69, 9.17) is 21.3 Å². The normalized spacial score (nSPS) is 12.7. The van der Waals surface area contributed by atoms with Crippen LogP contribution in [0, 0.1) is 0 Å². The number of rotatable bonds is 5. The van der Waals surface area contributed by atoms with E-state index in [0.29, 0.717) is 17.1 Å². The highest BCUT2D eigenvalue weighted by atomic mass is 35.5. The van der Waals surface area contributed by atoms with E-state index in [1.807, 2.05) is 24.3 Å². The lowest BCUT2D eigenvalue weighted by atomic mass is 10.1. The Balaban J connectivity index is 1.57. The molecule has 1 aliphatic rings. The third-order valence-electron chi connectivity index (χ3n) is 4.47. The molecule has 2 aromatic carbocycles. The second-order valence-corrected chi connectivity index (χ2v) is 7.61. The Morgan fingerprint density at radius 3 is 2.67 bits per heavy atom. The predicted octanol–water partition coefficient (Wildman–Crippen LogP) is 4.25. The number of hydrogen-bond donors (Lipinski definition) is 1. The summed E-state index contributed by atoms with van der Waals surface area (Å²) in [5.41, 5.74) is 3.50. The molecular formula is C20H18ClN3O2S. The number of carbonyl (C=O) groups is 1. The van der Waals surface area contributed by atoms with Crippen LogP contribution in [0.15, 0.2) is 53.7 Å². The molecule has 0 radical (unpaired) electrons. The number of hydrogen-bond acceptors (Lipinski definition) is 4. The van der Waals surface area contributed by atoms with E-state index >= 15 is 0 Å². The molecule has 27 heavy (non-hydrogen) atoms. The number of imidazole rings is 1. The number of aromatic nitrogens is 2. The minimum Gasteiger partial charge on any atom is -0.497 e. The molecule has 0 atom stereocenters. The van der Waals surface area contributed by atoms with Gasteiger partial charge in [0.1, 0.15) is 5.75 Å². The lowest BCUT2D eigenvalue weighted by Gasteiger charge is -2.10. The van der Waals surface area contributed by atoms with Crippen molar-refractivity contribution >= 4 is 29.3 Å². The van der Waals surface area contributed by atoms with Crippen LogP contribution in [0.1, 0.15) is 16.1 Å². The predicted molar refractivity (Wildman–Crippen MR) is 108 cm³/mol. The molecule has 138 valence electrons. The average molecular weight is 400 g/mol. The Kier molecular flexibility index (Phi) is 5.09. The molecule has 2 heterocycles. The highest BCUT2D eigenvalue weighted by Crippen LogP contribution is 2.33. The number of nitrogens with zero attached hydrogens (tertiary/aromatic N) is 2. The first-order valence-electron chi connectivity index (χ1n) is 8.56. The van der Waals surface area contributed by atoms with Crippen molar-refractivity contribution in [2.75, 3.05) is 12.9 Å². The number of methoxy groups -OCH3 is 1. The van der Waals surface area contributed by atoms with Crippen LogP contribution >= 0.6 is 23.4 Å². The summed E-state index contributed by atoms with van der Waals surface area (Å²) in [7, 11) is 1.60. The van der Waals surface area contributed by atoms with Crippen LogP contribution in [0.3, 0.4) is 0 Å². The molecule has 0 fully saturated rings. The maximum atomic E-state index is 12.5. The molecule has 0 spiro atoms. The molecule has 1 N–H and O–H groups in total. The molecule has 1 amide bonds. The smallest absolute Gasteiger partial charge is 0.251 e. The van der Waals surface area contributed by atoms with Gasteiger partial charge in [-0.25, -0.2) is 4.98 Å². The molecule has 0 aliphatic carbocycles. The van der Waals surface area contributed by atoms with Crippen LogP contribution in [0.4, 0.5) is 0 Å². The third kappa shape index (κ3) is 3.68. The second-order valence-electron chi connectivity index (χ2n) is 6.11. The van der Waals surface area contributed by atoms with E-state index in [1.165, 1.54) is 0 Å². The van der Waals surface area contributed by atoms with Crippen molar-refractivity contribution in [3.05, 3.63) is 64.8 Å². The monoisotopic (exact) mass is 399 g/mol. The first kappa shape index (κ1) is 17.9. The Morgan fingerprint density at radius 1 is 1.22 bits per heavy atom. The summed E-state index contributed by atoms with van der Waals surface area (Å²) < 4.78 is 7.32. The van der Waals surface area contributed by atoms with Gasteiger partial charge in [0.05, 0.1) is 25.0 Å². The van der Waals surface area contributed by atoms with Gasteiger partial charge in [0.15, 0.2) is 5.16 Å². The van der Waals surface area contributed by atoms with Gasteiger partial charge in [0.25, 0.3) is 5.91 Å². The SMILES string of the molecule is COc1ccc(C(=O)NCc2c(-c3ccc(Cl)cc3)nc3n2CCS3)cc1. The molecule has 7 heteroatoms. The first-order valence-corrected chi connectivity index (χ1v) is 9.92. The van der Waals surface area contributed by atoms with Gasteiger partial charge < -0.3 is 14.6 Å². The molecule has 3 aromatic rings. The van der Waals surface area contributed by atoms with Gasteiger partial charge in [-0.3, -0.25) is 4.79 Å². The van der Waals surface area contributed by atoms with E-state index in [9.17, 15) is 4.79 Å². The minimum absolute atomic E-state index is 0.124. The topological polar surface area (TPSA) is 56.1 Å². The van der Waals surface area contributed by atoms with E-state index in [-0.39, 0.29) is 5.91 Å². The molecule has 4 rings (SSSR count). The Morgan fingerprint density at radius 2 is 1.96 bits per heavy atom. The molecule has 0 bridgehead atoms. The zero-order valence-electron chi connectivity index (χ0n) is 14.7. The van der Waals surface area contributed by atoms with Crippen molar-refractivity contribution in [3.8, 4) is 17.0 Å². The standard InChI is InChI=1S/C20H18ClN3O2S/c1-26-16-8-4-14(5-9-16)19(25)22-12-17-18(13-2-6-15(21)7-3-13)23-20-24(17)10-11-27-20/h2-9H,10-12H2,1H3,(H,22,25). The number of thioether (sulfide) groups is 1. The van der Waals surface area contributed by atoms with Crippen LogP contribution in [-0.2, 0) is 13.1 Å². The summed E-state index contributed by atoms with van der Waals surface area (Å²) in [4.78, 5) is 17.3. The van der Waals surface area contributed by atoms with Crippen LogP contribution in [0.2, 0.25) is 5.02 Å². The molecular weight excluding hydrogens is 382 g/mol. The van der Waals surface area contributed by atoms with Gasteiger partial charge in [-0.2, -0.15) is 0 Å². The van der Waals surface area contributed by atoms with Gasteiger partial charge in [-0.1, -0.05) is 35.5 Å². The van der Waals surface area contributed by atoms with Gasteiger partial charge in [0, 0.05) is 28.4 Å². The number of nitrogens with one attached hydrogen (secondary N) is 1. The van der Waals surface area contributed by atoms with Crippen molar-refractivity contribution in [3.63, 3.8) is 0 Å². The Hall–Kier alpha value is -2.44. The lowest BCUT2D eigenvalue weighted by molar-refractivity contribution is 0.0950. The summed E-state index contributed by atoms with van der Waals surface area (Å²) >= 11 is 7.74. The highest BCUT2D eigenvalue weighted by Gasteiger charge is 2.23. The van der Waals surface area contributed by atoms with Crippen LogP contribution in [0.5, 0.6) is 5.75 Å². The van der Waals surface area contributed by atoms with E-state index in [0.717, 1.165) is 40.2 Å². The lowest BCUT2D eigenvalue weighted by Crippen LogP contribution is -2.24. The number of ether oxygens (including phenoxy) is 1. The van der Waals surface area contributed by atoms with Gasteiger partial charge in [0.2, 0.25) is 0 Å². The molecule has 5 nitrogen and oxygen atoms in total. The van der Waals surface area contributed by atoms with Crippen molar-refractivity contribution in [2.24, 2.45) is 0 Å². The van der Waals surface area contributed by atoms with Gasteiger partial charge >= 0.3 is 0 Å². The maximum Gasteiger partial charge on any atom is 0.251 e. The third-order valence-corrected chi connectivity index (χ3v) is 5.68. The van der Waals surface area contributed by atoms with Gasteiger partial charge in [-0.05, 0) is 36.4 Å². The Labute approximate surface area is 166 Å². The fourth-order valence-corrected chi connectivity index (χ4v) is 4.15. The molecule has 0 saturated heterocycles. The van der Waals surface area contributed by atoms with Crippen LogP contribution in [0.25, 0.3) is 11.3 Å². The molecule has 0 saturated carbocycles. The summed E-state index contributed by atoms with van der Waals surface area (Å²) in [6.45, 7) is 1.31. The van der Waals surface area contributed by atoms with Crippen molar-refractivity contribution in [2.45, 2.75) is 18.2 Å². The van der Waals surface area contributed by atoms with Crippen LogP contribution < -0.4 is 10.1 Å². The maximum absolute atomic E-state index is 12.5. The quantitative estimate of drug-likeness (QED) is 0.696. The second kappa shape index (κ2) is 7.66. The van der Waals surface area contributed by atoms with Crippen molar-refractivity contribution in [1.82, 2.24) is 14.9 Å². The van der Waals surface area contributed by atoms with Crippen molar-refractivity contribution < 1.29 is 9.53 Å². The summed E-state index contributed by atoms with van der Waals surface area (Å²) in [5, 5.41) is 4.70. The molecule has 0 unspecified atom stereocenters. The first-order chi connectivity index (χ1) is 13.2. The zero-order chi connectivity index (χ0) is 18.8. The fraction of sp³-hybridized carbons (Fsp3) is 0.200. The number of carbonyl (C=O) groups excluding carboxylic acids is 1. The van der Waals surface area contributed by atoms with Gasteiger partial charge in [-0.15, -0.1) is 0 Å². The van der Waals surface area contributed by atoms with Crippen molar-refractivity contribution in [1.29, 1.82) is 0 Å². The summed E-state index contributed by atoms with van der Waals surface area (Å²) in [6.07, 6.45) is 0. The summed E-state index contributed by atoms with van der Waals surface area (Å²) in [6, 6.07) is 14.7. The summed E-state index contributed by atoms with van der Waals surface area (Å²) in [5.74, 6) is 1.60. The number of halogens is 1. The zero-order valence-corrected chi connectivity index (χ0v) is 16.3. The average Bonchev–Trinajstić information content (AvgIpc) is 3.28. The molecule has 1 aliphatic heterocycles. The fourth-order valence-electron chi connectivity index (χ4n) is 3.06. The number of amides is 1. The van der Waals surface area contributed by atoms with Crippen LogP contribution in [-0.4, -0.2) is 28.3 Å². The minimum atomic E-state index is -0.124. The highest BCUT2D eigenvalue weighted by molar-refractivity contribution is 7.99. The van der Waals surface area contributed by atoms with E-state index in [2.05, 4.69) is 9.88 Å². The number of benzene rings is 2. The van der Waals surface area contributed by atoms with E-state index in [1.54, 1.807) is 43.1 Å². The Bertz CT molecular complexity index is 968. The molecule has 1 aromatic heterocycles. The number of fused-ring (bicyclic) bond motifs is 1. The largest absolute Gasteiger partial charge is 0.497 e.